The maximum atomic E-state index is 12.7. The van der Waals surface area contributed by atoms with Gasteiger partial charge in [0.1, 0.15) is 5.82 Å². The predicted octanol–water partition coefficient (Wildman–Crippen LogP) is 5.16. The molecule has 0 spiro atoms. The first kappa shape index (κ1) is 17.0. The van der Waals surface area contributed by atoms with Crippen molar-refractivity contribution in [3.8, 4) is 0 Å². The van der Waals surface area contributed by atoms with Gasteiger partial charge in [0.05, 0.1) is 22.3 Å². The van der Waals surface area contributed by atoms with Gasteiger partial charge in [0, 0.05) is 5.69 Å². The van der Waals surface area contributed by atoms with E-state index in [4.69, 9.17) is 0 Å². The summed E-state index contributed by atoms with van der Waals surface area (Å²) < 4.78 is 38.1. The van der Waals surface area contributed by atoms with E-state index in [1.807, 2.05) is 0 Å². The Morgan fingerprint density at radius 2 is 1.88 bits per heavy atom. The fourth-order valence-electron chi connectivity index (χ4n) is 2.06. The number of pyridine rings is 1. The van der Waals surface area contributed by atoms with Gasteiger partial charge < -0.3 is 10.6 Å². The first-order valence-corrected chi connectivity index (χ1v) is 8.05. The zero-order valence-corrected chi connectivity index (χ0v) is 13.5. The molecule has 8 heteroatoms. The van der Waals surface area contributed by atoms with Crippen LogP contribution in [0.4, 0.5) is 30.4 Å². The Hall–Kier alpha value is -2.87. The van der Waals surface area contributed by atoms with Crippen molar-refractivity contribution < 1.29 is 18.0 Å². The molecule has 0 aliphatic carbocycles. The summed E-state index contributed by atoms with van der Waals surface area (Å²) in [6.07, 6.45) is -2.97. The second-order valence-electron chi connectivity index (χ2n) is 5.07. The monoisotopic (exact) mass is 363 g/mol. The fourth-order valence-corrected chi connectivity index (χ4v) is 2.68. The topological polar surface area (TPSA) is 54.0 Å². The molecule has 0 saturated heterocycles. The average Bonchev–Trinajstić information content (AvgIpc) is 3.11. The number of alkyl halides is 3. The number of hydrogen-bond donors (Lipinski definition) is 2. The van der Waals surface area contributed by atoms with Gasteiger partial charge in [-0.1, -0.05) is 12.1 Å². The molecule has 2 N–H and O–H groups in total. The standard InChI is InChI=1S/C17H12F3N3OS/c18-17(19,20)11-3-1-4-12(9-11)22-15-7-6-13(10-21-15)23-16(24)14-5-2-8-25-14/h1-10H,(H,21,22)(H,23,24). The molecule has 1 amide bonds. The molecular formula is C17H12F3N3OS. The Morgan fingerprint density at radius 3 is 2.52 bits per heavy atom. The minimum Gasteiger partial charge on any atom is -0.340 e. The summed E-state index contributed by atoms with van der Waals surface area (Å²) in [5, 5.41) is 7.30. The number of carbonyl (C=O) groups is 1. The van der Waals surface area contributed by atoms with E-state index in [0.717, 1.165) is 12.1 Å². The summed E-state index contributed by atoms with van der Waals surface area (Å²) in [5.74, 6) is 0.129. The van der Waals surface area contributed by atoms with Gasteiger partial charge in [-0.3, -0.25) is 4.79 Å². The molecule has 0 bridgehead atoms. The van der Waals surface area contributed by atoms with Crippen molar-refractivity contribution in [2.24, 2.45) is 0 Å². The normalized spacial score (nSPS) is 11.2. The first-order chi connectivity index (χ1) is 11.9. The molecule has 0 aliphatic rings. The Kier molecular flexibility index (Phi) is 4.71. The van der Waals surface area contributed by atoms with Gasteiger partial charge in [-0.25, -0.2) is 4.98 Å². The lowest BCUT2D eigenvalue weighted by Gasteiger charge is -2.10. The van der Waals surface area contributed by atoms with E-state index in [1.165, 1.54) is 29.7 Å². The maximum absolute atomic E-state index is 12.7. The lowest BCUT2D eigenvalue weighted by molar-refractivity contribution is -0.137. The number of hydrogen-bond acceptors (Lipinski definition) is 4. The summed E-state index contributed by atoms with van der Waals surface area (Å²) in [5.41, 5.74) is 0.0306. The number of carbonyl (C=O) groups excluding carboxylic acids is 1. The Bertz CT molecular complexity index is 862. The second-order valence-corrected chi connectivity index (χ2v) is 6.01. The minimum atomic E-state index is -4.40. The quantitative estimate of drug-likeness (QED) is 0.673. The van der Waals surface area contributed by atoms with E-state index in [0.29, 0.717) is 16.4 Å². The van der Waals surface area contributed by atoms with Crippen LogP contribution in [0.5, 0.6) is 0 Å². The van der Waals surface area contributed by atoms with Crippen LogP contribution in [-0.4, -0.2) is 10.9 Å². The lowest BCUT2D eigenvalue weighted by Crippen LogP contribution is -2.10. The van der Waals surface area contributed by atoms with E-state index in [2.05, 4.69) is 15.6 Å². The molecule has 128 valence electrons. The van der Waals surface area contributed by atoms with Crippen molar-refractivity contribution in [3.05, 3.63) is 70.5 Å². The third-order valence-corrected chi connectivity index (χ3v) is 4.10. The number of anilines is 3. The van der Waals surface area contributed by atoms with Crippen molar-refractivity contribution in [2.45, 2.75) is 6.18 Å². The van der Waals surface area contributed by atoms with Crippen LogP contribution in [-0.2, 0) is 6.18 Å². The predicted molar refractivity (Wildman–Crippen MR) is 91.2 cm³/mol. The van der Waals surface area contributed by atoms with Crippen LogP contribution in [0.2, 0.25) is 0 Å². The van der Waals surface area contributed by atoms with Crippen molar-refractivity contribution in [2.75, 3.05) is 10.6 Å². The average molecular weight is 363 g/mol. The summed E-state index contributed by atoms with van der Waals surface area (Å²) >= 11 is 1.32. The van der Waals surface area contributed by atoms with E-state index in [9.17, 15) is 18.0 Å². The maximum Gasteiger partial charge on any atom is 0.416 e. The smallest absolute Gasteiger partial charge is 0.340 e. The number of rotatable bonds is 4. The number of nitrogens with one attached hydrogen (secondary N) is 2. The zero-order valence-electron chi connectivity index (χ0n) is 12.7. The Morgan fingerprint density at radius 1 is 1.04 bits per heavy atom. The fraction of sp³-hybridized carbons (Fsp3) is 0.0588. The second kappa shape index (κ2) is 6.94. The van der Waals surface area contributed by atoms with E-state index < -0.39 is 11.7 Å². The Labute approximate surface area is 145 Å². The molecule has 0 saturated carbocycles. The first-order valence-electron chi connectivity index (χ1n) is 7.17. The number of amides is 1. The molecule has 0 unspecified atom stereocenters. The highest BCUT2D eigenvalue weighted by molar-refractivity contribution is 7.12. The zero-order chi connectivity index (χ0) is 17.9. The summed E-state index contributed by atoms with van der Waals surface area (Å²) in [6.45, 7) is 0. The van der Waals surface area contributed by atoms with Gasteiger partial charge >= 0.3 is 6.18 Å². The number of nitrogens with zero attached hydrogens (tertiary/aromatic N) is 1. The number of halogens is 3. The van der Waals surface area contributed by atoms with Gasteiger partial charge in [-0.15, -0.1) is 11.3 Å². The van der Waals surface area contributed by atoms with Gasteiger partial charge in [0.2, 0.25) is 0 Å². The van der Waals surface area contributed by atoms with E-state index in [-0.39, 0.29) is 11.6 Å². The minimum absolute atomic E-state index is 0.240. The number of thiophene rings is 1. The largest absolute Gasteiger partial charge is 0.416 e. The third-order valence-electron chi connectivity index (χ3n) is 3.23. The lowest BCUT2D eigenvalue weighted by atomic mass is 10.2. The Balaban J connectivity index is 1.68. The summed E-state index contributed by atoms with van der Waals surface area (Å²) in [6, 6.07) is 11.5. The van der Waals surface area contributed by atoms with Crippen LogP contribution in [0, 0.1) is 0 Å². The molecule has 0 atom stereocenters. The van der Waals surface area contributed by atoms with Crippen LogP contribution in [0.3, 0.4) is 0 Å². The highest BCUT2D eigenvalue weighted by Gasteiger charge is 2.30. The molecule has 0 radical (unpaired) electrons. The SMILES string of the molecule is O=C(Nc1ccc(Nc2cccc(C(F)(F)F)c2)nc1)c1cccs1. The molecular weight excluding hydrogens is 351 g/mol. The van der Waals surface area contributed by atoms with Crippen molar-refractivity contribution in [1.29, 1.82) is 0 Å². The molecule has 2 aromatic heterocycles. The molecule has 0 fully saturated rings. The van der Waals surface area contributed by atoms with Crippen molar-refractivity contribution >= 4 is 34.4 Å². The van der Waals surface area contributed by atoms with Gasteiger partial charge in [-0.2, -0.15) is 13.2 Å². The molecule has 4 nitrogen and oxygen atoms in total. The third kappa shape index (κ3) is 4.36. The van der Waals surface area contributed by atoms with Crippen LogP contribution in [0.25, 0.3) is 0 Å². The highest BCUT2D eigenvalue weighted by Crippen LogP contribution is 2.31. The summed E-state index contributed by atoms with van der Waals surface area (Å²) in [4.78, 5) is 16.6. The van der Waals surface area contributed by atoms with Crippen LogP contribution >= 0.6 is 11.3 Å². The van der Waals surface area contributed by atoms with Crippen LogP contribution in [0.15, 0.2) is 60.1 Å². The molecule has 2 heterocycles. The molecule has 0 aliphatic heterocycles. The van der Waals surface area contributed by atoms with Crippen molar-refractivity contribution in [1.82, 2.24) is 4.98 Å². The molecule has 3 rings (SSSR count). The van der Waals surface area contributed by atoms with Crippen LogP contribution in [0.1, 0.15) is 15.2 Å². The molecule has 1 aromatic carbocycles. The highest BCUT2D eigenvalue weighted by atomic mass is 32.1. The number of aromatic nitrogens is 1. The number of benzene rings is 1. The summed E-state index contributed by atoms with van der Waals surface area (Å²) in [7, 11) is 0. The van der Waals surface area contributed by atoms with E-state index in [1.54, 1.807) is 29.6 Å². The molecule has 25 heavy (non-hydrogen) atoms. The van der Waals surface area contributed by atoms with Gasteiger partial charge in [-0.05, 0) is 41.8 Å². The van der Waals surface area contributed by atoms with Crippen molar-refractivity contribution in [3.63, 3.8) is 0 Å². The van der Waals surface area contributed by atoms with E-state index >= 15 is 0 Å². The van der Waals surface area contributed by atoms with Gasteiger partial charge in [0.25, 0.3) is 5.91 Å². The van der Waals surface area contributed by atoms with Gasteiger partial charge in [0.15, 0.2) is 0 Å². The van der Waals surface area contributed by atoms with Crippen LogP contribution < -0.4 is 10.6 Å². The molecule has 3 aromatic rings.